The number of aryl methyl sites for hydroxylation is 1. The lowest BCUT2D eigenvalue weighted by Crippen LogP contribution is -2.22. The molecule has 3 heterocycles. The molecule has 3 aromatic heterocycles. The van der Waals surface area contributed by atoms with Crippen LogP contribution in [-0.4, -0.2) is 29.4 Å². The molecule has 0 spiro atoms. The van der Waals surface area contributed by atoms with Crippen LogP contribution in [0.3, 0.4) is 0 Å². The Morgan fingerprint density at radius 1 is 1.06 bits per heavy atom. The molecule has 0 aliphatic rings. The van der Waals surface area contributed by atoms with Crippen molar-refractivity contribution in [1.29, 1.82) is 0 Å². The average Bonchev–Trinajstić information content (AvgIpc) is 3.42. The monoisotopic (exact) mass is 445 g/mol. The van der Waals surface area contributed by atoms with Gasteiger partial charge in [-0.2, -0.15) is 10.1 Å². The minimum Gasteiger partial charge on any atom is -0.392 e. The molecule has 5 aromatic rings. The van der Waals surface area contributed by atoms with E-state index in [4.69, 9.17) is 4.52 Å². The molecule has 0 atom stereocenters. The second kappa shape index (κ2) is 8.44. The average molecular weight is 445 g/mol. The molecule has 5 rings (SSSR count). The fourth-order valence-corrected chi connectivity index (χ4v) is 3.73. The first-order valence-electron chi connectivity index (χ1n) is 10.4. The third-order valence-electron chi connectivity index (χ3n) is 5.43. The SMILES string of the molecule is Cc1ccc(Cc2noc(Cn3ccn4nc(-c5ccc(F)cc5)c(CO)c4c3=O)n2)cc1. The molecule has 2 aromatic carbocycles. The lowest BCUT2D eigenvalue weighted by atomic mass is 10.1. The first-order valence-corrected chi connectivity index (χ1v) is 10.4. The summed E-state index contributed by atoms with van der Waals surface area (Å²) < 4.78 is 21.5. The molecule has 0 saturated heterocycles. The molecule has 0 aliphatic carbocycles. The molecule has 1 N–H and O–H groups in total. The summed E-state index contributed by atoms with van der Waals surface area (Å²) in [5.74, 6) is 0.450. The molecule has 0 radical (unpaired) electrons. The number of aliphatic hydroxyl groups excluding tert-OH is 1. The molecule has 0 amide bonds. The van der Waals surface area contributed by atoms with Crippen molar-refractivity contribution in [2.75, 3.05) is 0 Å². The van der Waals surface area contributed by atoms with Crippen LogP contribution in [0.25, 0.3) is 16.8 Å². The van der Waals surface area contributed by atoms with E-state index in [1.165, 1.54) is 26.8 Å². The molecule has 0 unspecified atom stereocenters. The number of nitrogens with zero attached hydrogens (tertiary/aromatic N) is 5. The van der Waals surface area contributed by atoms with Gasteiger partial charge in [0.05, 0.1) is 12.3 Å². The van der Waals surface area contributed by atoms with E-state index in [2.05, 4.69) is 15.2 Å². The zero-order valence-electron chi connectivity index (χ0n) is 17.8. The molecular formula is C24H20FN5O3. The van der Waals surface area contributed by atoms with Crippen molar-refractivity contribution in [1.82, 2.24) is 24.3 Å². The van der Waals surface area contributed by atoms with E-state index < -0.39 is 6.61 Å². The highest BCUT2D eigenvalue weighted by Crippen LogP contribution is 2.25. The summed E-state index contributed by atoms with van der Waals surface area (Å²) in [5.41, 5.74) is 3.50. The lowest BCUT2D eigenvalue weighted by Gasteiger charge is -2.03. The van der Waals surface area contributed by atoms with Crippen molar-refractivity contribution < 1.29 is 14.0 Å². The summed E-state index contributed by atoms with van der Waals surface area (Å²) >= 11 is 0. The van der Waals surface area contributed by atoms with Gasteiger partial charge in [-0.15, -0.1) is 0 Å². The molecular weight excluding hydrogens is 425 g/mol. The second-order valence-corrected chi connectivity index (χ2v) is 7.78. The fraction of sp³-hybridized carbons (Fsp3) is 0.167. The van der Waals surface area contributed by atoms with Crippen molar-refractivity contribution in [2.45, 2.75) is 26.5 Å². The zero-order chi connectivity index (χ0) is 22.9. The fourth-order valence-electron chi connectivity index (χ4n) is 3.73. The summed E-state index contributed by atoms with van der Waals surface area (Å²) in [4.78, 5) is 17.6. The Labute approximate surface area is 187 Å². The molecule has 0 bridgehead atoms. The van der Waals surface area contributed by atoms with E-state index in [0.29, 0.717) is 35.0 Å². The lowest BCUT2D eigenvalue weighted by molar-refractivity contribution is 0.283. The maximum Gasteiger partial charge on any atom is 0.277 e. The van der Waals surface area contributed by atoms with Crippen LogP contribution in [0.4, 0.5) is 4.39 Å². The Morgan fingerprint density at radius 2 is 1.82 bits per heavy atom. The van der Waals surface area contributed by atoms with E-state index in [1.807, 2.05) is 31.2 Å². The Morgan fingerprint density at radius 3 is 2.55 bits per heavy atom. The van der Waals surface area contributed by atoms with E-state index in [0.717, 1.165) is 5.56 Å². The molecule has 0 fully saturated rings. The van der Waals surface area contributed by atoms with Gasteiger partial charge in [0.15, 0.2) is 5.82 Å². The number of fused-ring (bicyclic) bond motifs is 1. The Balaban J connectivity index is 1.45. The summed E-state index contributed by atoms with van der Waals surface area (Å²) in [7, 11) is 0. The highest BCUT2D eigenvalue weighted by atomic mass is 19.1. The summed E-state index contributed by atoms with van der Waals surface area (Å²) in [6, 6.07) is 13.8. The highest BCUT2D eigenvalue weighted by Gasteiger charge is 2.19. The van der Waals surface area contributed by atoms with Crippen LogP contribution >= 0.6 is 0 Å². The van der Waals surface area contributed by atoms with Gasteiger partial charge >= 0.3 is 0 Å². The van der Waals surface area contributed by atoms with Crippen LogP contribution in [0.2, 0.25) is 0 Å². The van der Waals surface area contributed by atoms with Crippen molar-refractivity contribution >= 4 is 5.52 Å². The Kier molecular flexibility index (Phi) is 5.31. The third kappa shape index (κ3) is 4.06. The number of hydrogen-bond acceptors (Lipinski definition) is 6. The van der Waals surface area contributed by atoms with Gasteiger partial charge in [-0.3, -0.25) is 4.79 Å². The van der Waals surface area contributed by atoms with Gasteiger partial charge in [0.1, 0.15) is 17.9 Å². The van der Waals surface area contributed by atoms with Crippen LogP contribution in [0.15, 0.2) is 70.2 Å². The first kappa shape index (κ1) is 20.8. The van der Waals surface area contributed by atoms with Crippen LogP contribution < -0.4 is 5.56 Å². The zero-order valence-corrected chi connectivity index (χ0v) is 17.8. The standard InChI is InChI=1S/C24H20FN5O3/c1-15-2-4-16(5-3-15)12-20-26-21(33-28-20)13-29-10-11-30-23(24(29)32)19(14-31)22(27-30)17-6-8-18(25)9-7-17/h2-11,31H,12-14H2,1H3. The van der Waals surface area contributed by atoms with Crippen LogP contribution in [0.1, 0.15) is 28.4 Å². The molecule has 0 aliphatic heterocycles. The van der Waals surface area contributed by atoms with Gasteiger partial charge in [-0.25, -0.2) is 8.91 Å². The van der Waals surface area contributed by atoms with Gasteiger partial charge in [0.25, 0.3) is 5.56 Å². The summed E-state index contributed by atoms with van der Waals surface area (Å²) in [5, 5.41) is 18.4. The molecule has 33 heavy (non-hydrogen) atoms. The van der Waals surface area contributed by atoms with Crippen molar-refractivity contribution in [2.24, 2.45) is 0 Å². The third-order valence-corrected chi connectivity index (χ3v) is 5.43. The van der Waals surface area contributed by atoms with Crippen LogP contribution in [0, 0.1) is 12.7 Å². The highest BCUT2D eigenvalue weighted by molar-refractivity contribution is 5.72. The number of aromatic nitrogens is 5. The molecule has 9 heteroatoms. The Bertz CT molecular complexity index is 1480. The van der Waals surface area contributed by atoms with Gasteiger partial charge in [0.2, 0.25) is 5.89 Å². The van der Waals surface area contributed by atoms with Crippen molar-refractivity contribution in [3.63, 3.8) is 0 Å². The van der Waals surface area contributed by atoms with Gasteiger partial charge in [0, 0.05) is 29.9 Å². The minimum absolute atomic E-state index is 0.0815. The summed E-state index contributed by atoms with van der Waals surface area (Å²) in [6.45, 7) is 1.71. The number of halogens is 1. The number of aliphatic hydroxyl groups is 1. The molecule has 166 valence electrons. The van der Waals surface area contributed by atoms with E-state index >= 15 is 0 Å². The smallest absolute Gasteiger partial charge is 0.277 e. The van der Waals surface area contributed by atoms with Crippen molar-refractivity contribution in [3.8, 4) is 11.3 Å². The topological polar surface area (TPSA) is 98.5 Å². The number of benzene rings is 2. The maximum atomic E-state index is 13.3. The quantitative estimate of drug-likeness (QED) is 0.431. The predicted octanol–water partition coefficient (Wildman–Crippen LogP) is 3.12. The van der Waals surface area contributed by atoms with Crippen LogP contribution in [-0.2, 0) is 19.6 Å². The predicted molar refractivity (Wildman–Crippen MR) is 118 cm³/mol. The molecule has 0 saturated carbocycles. The van der Waals surface area contributed by atoms with Gasteiger partial charge in [-0.05, 0) is 36.8 Å². The molecule has 8 nitrogen and oxygen atoms in total. The maximum absolute atomic E-state index is 13.3. The minimum atomic E-state index is -0.392. The van der Waals surface area contributed by atoms with E-state index in [1.54, 1.807) is 24.5 Å². The Hall–Kier alpha value is -4.11. The second-order valence-electron chi connectivity index (χ2n) is 7.78. The first-order chi connectivity index (χ1) is 16.0. The summed E-state index contributed by atoms with van der Waals surface area (Å²) in [6.07, 6.45) is 3.71. The van der Waals surface area contributed by atoms with Gasteiger partial charge < -0.3 is 14.2 Å². The van der Waals surface area contributed by atoms with Crippen molar-refractivity contribution in [3.05, 3.63) is 106 Å². The normalized spacial score (nSPS) is 11.4. The van der Waals surface area contributed by atoms with E-state index in [-0.39, 0.29) is 23.4 Å². The number of hydrogen-bond donors (Lipinski definition) is 1. The van der Waals surface area contributed by atoms with E-state index in [9.17, 15) is 14.3 Å². The largest absolute Gasteiger partial charge is 0.392 e. The van der Waals surface area contributed by atoms with Gasteiger partial charge in [-0.1, -0.05) is 35.0 Å². The van der Waals surface area contributed by atoms with Crippen LogP contribution in [0.5, 0.6) is 0 Å². The number of rotatable bonds is 6.